The van der Waals surface area contributed by atoms with E-state index in [1.54, 1.807) is 10.9 Å². The lowest BCUT2D eigenvalue weighted by atomic mass is 9.99. The summed E-state index contributed by atoms with van der Waals surface area (Å²) in [6, 6.07) is 12.4. The van der Waals surface area contributed by atoms with E-state index in [0.717, 1.165) is 55.0 Å². The summed E-state index contributed by atoms with van der Waals surface area (Å²) in [5, 5.41) is 3.81. The molecule has 0 spiro atoms. The first-order valence-corrected chi connectivity index (χ1v) is 13.2. The van der Waals surface area contributed by atoms with Gasteiger partial charge in [-0.2, -0.15) is 4.98 Å². The lowest BCUT2D eigenvalue weighted by Gasteiger charge is -2.25. The van der Waals surface area contributed by atoms with Crippen LogP contribution in [0.4, 0.5) is 17.3 Å². The Bertz CT molecular complexity index is 1680. The highest BCUT2D eigenvalue weighted by atomic mass is 16.2. The molecule has 0 saturated carbocycles. The minimum absolute atomic E-state index is 0.123. The van der Waals surface area contributed by atoms with Crippen molar-refractivity contribution in [2.75, 3.05) is 30.4 Å². The molecule has 192 valence electrons. The molecule has 2 aromatic heterocycles. The molecule has 9 nitrogen and oxygen atoms in total. The van der Waals surface area contributed by atoms with E-state index in [2.05, 4.69) is 46.5 Å². The fourth-order valence-corrected chi connectivity index (χ4v) is 5.80. The molecular weight excluding hydrogens is 478 g/mol. The third-order valence-electron chi connectivity index (χ3n) is 7.79. The molecule has 0 unspecified atom stereocenters. The van der Waals surface area contributed by atoms with E-state index in [4.69, 9.17) is 4.98 Å². The zero-order valence-corrected chi connectivity index (χ0v) is 21.4. The second-order valence-electron chi connectivity index (χ2n) is 10.4. The first-order valence-electron chi connectivity index (χ1n) is 13.2. The molecule has 2 aromatic carbocycles. The Morgan fingerprint density at radius 3 is 2.79 bits per heavy atom. The first-order chi connectivity index (χ1) is 18.5. The van der Waals surface area contributed by atoms with Gasteiger partial charge in [-0.1, -0.05) is 24.3 Å². The van der Waals surface area contributed by atoms with Crippen LogP contribution in [-0.4, -0.2) is 50.3 Å². The number of carbonyl (C=O) groups excluding carboxylic acids is 1. The van der Waals surface area contributed by atoms with Crippen LogP contribution in [0.15, 0.2) is 59.5 Å². The zero-order valence-electron chi connectivity index (χ0n) is 21.4. The van der Waals surface area contributed by atoms with E-state index in [0.29, 0.717) is 36.5 Å². The van der Waals surface area contributed by atoms with Crippen molar-refractivity contribution in [1.82, 2.24) is 24.2 Å². The topological polar surface area (TPSA) is 88.3 Å². The van der Waals surface area contributed by atoms with Crippen LogP contribution in [0.1, 0.15) is 29.5 Å². The third kappa shape index (κ3) is 3.81. The number of hydrogen-bond donors (Lipinski definition) is 1. The number of amides is 1. The number of rotatable bonds is 2. The van der Waals surface area contributed by atoms with Gasteiger partial charge in [-0.25, -0.2) is 14.3 Å². The summed E-state index contributed by atoms with van der Waals surface area (Å²) in [5.74, 6) is 0.556. The normalized spacial score (nSPS) is 18.0. The third-order valence-corrected chi connectivity index (χ3v) is 7.79. The molecular formula is C29H29N7O2. The molecule has 3 aliphatic rings. The molecule has 4 aromatic rings. The highest BCUT2D eigenvalue weighted by Gasteiger charge is 2.28. The maximum absolute atomic E-state index is 13.5. The lowest BCUT2D eigenvalue weighted by Crippen LogP contribution is -2.28. The molecule has 1 N–H and O–H groups in total. The lowest BCUT2D eigenvalue weighted by molar-refractivity contribution is -0.117. The monoisotopic (exact) mass is 507 g/mol. The molecule has 5 heterocycles. The van der Waals surface area contributed by atoms with Gasteiger partial charge in [0.25, 0.3) is 5.56 Å². The van der Waals surface area contributed by atoms with Crippen LogP contribution >= 0.6 is 0 Å². The molecule has 0 fully saturated rings. The van der Waals surface area contributed by atoms with Crippen molar-refractivity contribution < 1.29 is 4.79 Å². The number of hydrogen-bond acceptors (Lipinski definition) is 6. The molecule has 0 atom stereocenters. The fraction of sp³-hybridized carbons (Fsp3) is 0.310. The van der Waals surface area contributed by atoms with Crippen molar-refractivity contribution in [3.05, 3.63) is 81.8 Å². The van der Waals surface area contributed by atoms with Gasteiger partial charge in [0.15, 0.2) is 5.65 Å². The average Bonchev–Trinajstić information content (AvgIpc) is 3.36. The maximum Gasteiger partial charge on any atom is 0.278 e. The molecule has 1 amide bonds. The van der Waals surface area contributed by atoms with Crippen LogP contribution in [0.3, 0.4) is 0 Å². The van der Waals surface area contributed by atoms with E-state index in [1.165, 1.54) is 11.1 Å². The Kier molecular flexibility index (Phi) is 5.40. The van der Waals surface area contributed by atoms with Gasteiger partial charge in [0, 0.05) is 37.2 Å². The van der Waals surface area contributed by atoms with Crippen molar-refractivity contribution in [2.24, 2.45) is 0 Å². The summed E-state index contributed by atoms with van der Waals surface area (Å²) in [7, 11) is 2.13. The quantitative estimate of drug-likeness (QED) is 0.418. The van der Waals surface area contributed by atoms with Crippen molar-refractivity contribution in [3.63, 3.8) is 0 Å². The summed E-state index contributed by atoms with van der Waals surface area (Å²) in [5.41, 5.74) is 6.73. The summed E-state index contributed by atoms with van der Waals surface area (Å²) < 4.78 is 3.55. The number of aromatic nitrogens is 4. The summed E-state index contributed by atoms with van der Waals surface area (Å²) in [4.78, 5) is 39.7. The van der Waals surface area contributed by atoms with Gasteiger partial charge in [-0.15, -0.1) is 0 Å². The largest absolute Gasteiger partial charge is 0.324 e. The smallest absolute Gasteiger partial charge is 0.278 e. The van der Waals surface area contributed by atoms with Gasteiger partial charge < -0.3 is 15.1 Å². The van der Waals surface area contributed by atoms with E-state index in [1.807, 2.05) is 33.9 Å². The summed E-state index contributed by atoms with van der Waals surface area (Å²) in [6.45, 7) is 3.10. The number of benzene rings is 2. The fourth-order valence-electron chi connectivity index (χ4n) is 5.80. The molecule has 3 aliphatic heterocycles. The van der Waals surface area contributed by atoms with Crippen LogP contribution in [0.5, 0.6) is 0 Å². The molecule has 2 bridgehead atoms. The van der Waals surface area contributed by atoms with Crippen LogP contribution in [0.25, 0.3) is 16.7 Å². The van der Waals surface area contributed by atoms with Crippen LogP contribution in [0.2, 0.25) is 0 Å². The van der Waals surface area contributed by atoms with E-state index in [9.17, 15) is 9.59 Å². The number of nitrogens with one attached hydrogen (secondary N) is 1. The second-order valence-corrected chi connectivity index (χ2v) is 10.4. The second kappa shape index (κ2) is 8.95. The van der Waals surface area contributed by atoms with Gasteiger partial charge in [-0.05, 0) is 67.3 Å². The summed E-state index contributed by atoms with van der Waals surface area (Å²) >= 11 is 0. The van der Waals surface area contributed by atoms with E-state index < -0.39 is 0 Å². The van der Waals surface area contributed by atoms with Crippen molar-refractivity contribution in [3.8, 4) is 5.69 Å². The maximum atomic E-state index is 13.5. The number of likely N-dealkylation sites (N-methyl/N-ethyl adjacent to an activating group) is 1. The number of anilines is 3. The zero-order chi connectivity index (χ0) is 25.8. The van der Waals surface area contributed by atoms with Crippen molar-refractivity contribution in [1.29, 1.82) is 0 Å². The predicted molar refractivity (Wildman–Crippen MR) is 147 cm³/mol. The molecule has 0 aliphatic carbocycles. The number of nitrogens with zero attached hydrogens (tertiary/aromatic N) is 6. The molecule has 9 heteroatoms. The predicted octanol–water partition coefficient (Wildman–Crippen LogP) is 3.55. The average molecular weight is 508 g/mol. The van der Waals surface area contributed by atoms with Gasteiger partial charge in [-0.3, -0.25) is 9.59 Å². The number of fused-ring (bicyclic) bond motifs is 6. The van der Waals surface area contributed by atoms with Gasteiger partial charge in [0.1, 0.15) is 5.39 Å². The van der Waals surface area contributed by atoms with Crippen LogP contribution < -0.4 is 15.8 Å². The van der Waals surface area contributed by atoms with Gasteiger partial charge in [0.05, 0.1) is 18.7 Å². The Morgan fingerprint density at radius 2 is 1.87 bits per heavy atom. The molecule has 7 rings (SSSR count). The van der Waals surface area contributed by atoms with Gasteiger partial charge >= 0.3 is 0 Å². The van der Waals surface area contributed by atoms with Crippen LogP contribution in [-0.2, 0) is 30.7 Å². The van der Waals surface area contributed by atoms with Crippen LogP contribution in [0, 0.1) is 0 Å². The Morgan fingerprint density at radius 1 is 0.974 bits per heavy atom. The van der Waals surface area contributed by atoms with Gasteiger partial charge in [0.2, 0.25) is 11.9 Å². The van der Waals surface area contributed by atoms with Crippen molar-refractivity contribution in [2.45, 2.75) is 38.8 Å². The number of allylic oxidation sites excluding steroid dienone is 2. The molecule has 0 saturated heterocycles. The van der Waals surface area contributed by atoms with E-state index >= 15 is 0 Å². The molecule has 38 heavy (non-hydrogen) atoms. The minimum Gasteiger partial charge on any atom is -0.324 e. The number of carbonyl (C=O) groups is 1. The highest BCUT2D eigenvalue weighted by Crippen LogP contribution is 2.32. The molecule has 0 radical (unpaired) electrons. The standard InChI is InChI=1S/C29H29N7O2/c1-33-13-10-19-6-8-22(14-21(19)18-33)31-29-30-17-24-27(32-29)36-23-9-7-20-15-26(37)34(25(20)16-23)11-4-2-3-5-12-35(36)28(24)38/h3,5-9,14,16-17H,2,4,10-13,15,18H2,1H3,(H,30,31,32)/b5-3-. The Labute approximate surface area is 220 Å². The SMILES string of the molecule is CN1CCc2ccc(Nc3ncc4c(=O)n5n(c4n3)-c3ccc4c(c3)N(CCC/C=C\C5)C(=O)C4)cc2C1. The minimum atomic E-state index is -0.140. The Balaban J connectivity index is 1.34. The first kappa shape index (κ1) is 22.9. The Hall–Kier alpha value is -4.24. The van der Waals surface area contributed by atoms with E-state index in [-0.39, 0.29) is 11.5 Å². The van der Waals surface area contributed by atoms with Crippen molar-refractivity contribution >= 4 is 34.3 Å². The highest BCUT2D eigenvalue weighted by molar-refractivity contribution is 6.01. The summed E-state index contributed by atoms with van der Waals surface area (Å²) in [6.07, 6.45) is 8.89.